The summed E-state index contributed by atoms with van der Waals surface area (Å²) >= 11 is 7.31. The van der Waals surface area contributed by atoms with Gasteiger partial charge in [-0.3, -0.25) is 0 Å². The van der Waals surface area contributed by atoms with Crippen molar-refractivity contribution in [3.8, 4) is 10.8 Å². The first-order chi connectivity index (χ1) is 7.29. The molecule has 1 aromatic carbocycles. The number of aryl methyl sites for hydroxylation is 1. The van der Waals surface area contributed by atoms with Crippen molar-refractivity contribution in [2.24, 2.45) is 0 Å². The van der Waals surface area contributed by atoms with Crippen molar-refractivity contribution in [3.05, 3.63) is 46.8 Å². The van der Waals surface area contributed by atoms with Gasteiger partial charge in [-0.25, -0.2) is 0 Å². The molecule has 0 radical (unpaired) electrons. The van der Waals surface area contributed by atoms with Crippen LogP contribution in [0, 0.1) is 6.92 Å². The Morgan fingerprint density at radius 1 is 1.20 bits per heavy atom. The van der Waals surface area contributed by atoms with E-state index in [-0.39, 0.29) is 0 Å². The number of benzene rings is 1. The molecule has 0 N–H and O–H groups in total. The van der Waals surface area contributed by atoms with Crippen molar-refractivity contribution in [1.82, 2.24) is 0 Å². The van der Waals surface area contributed by atoms with Gasteiger partial charge in [0.05, 0.1) is 0 Å². The van der Waals surface area contributed by atoms with E-state index in [2.05, 4.69) is 0 Å². The van der Waals surface area contributed by atoms with Crippen molar-refractivity contribution >= 4 is 22.9 Å². The Hall–Kier alpha value is -0.990. The Kier molecular flexibility index (Phi) is 3.29. The van der Waals surface area contributed by atoms with Crippen LogP contribution in [0.2, 0.25) is 0 Å². The lowest BCUT2D eigenvalue weighted by atomic mass is 10.2. The van der Waals surface area contributed by atoms with Gasteiger partial charge in [0.1, 0.15) is 5.75 Å². The first kappa shape index (κ1) is 10.5. The maximum Gasteiger partial charge on any atom is 0.183 e. The molecule has 0 amide bonds. The van der Waals surface area contributed by atoms with E-state index < -0.39 is 0 Å². The summed E-state index contributed by atoms with van der Waals surface area (Å²) in [5.74, 6) is 1.40. The monoisotopic (exact) mass is 238 g/mol. The van der Waals surface area contributed by atoms with Gasteiger partial charge in [0.2, 0.25) is 0 Å². The quantitative estimate of drug-likeness (QED) is 0.711. The third kappa shape index (κ3) is 2.52. The van der Waals surface area contributed by atoms with Crippen LogP contribution in [0.5, 0.6) is 10.8 Å². The average Bonchev–Trinajstić information content (AvgIpc) is 2.66. The lowest BCUT2D eigenvalue weighted by molar-refractivity contribution is 0.493. The third-order valence-corrected chi connectivity index (χ3v) is 3.30. The van der Waals surface area contributed by atoms with Gasteiger partial charge >= 0.3 is 0 Å². The first-order valence-corrected chi connectivity index (χ1v) is 6.08. The molecular weight excluding hydrogens is 228 g/mol. The Morgan fingerprint density at radius 3 is 2.47 bits per heavy atom. The van der Waals surface area contributed by atoms with Gasteiger partial charge in [0.25, 0.3) is 0 Å². The van der Waals surface area contributed by atoms with Crippen LogP contribution in [0.25, 0.3) is 0 Å². The van der Waals surface area contributed by atoms with E-state index in [4.69, 9.17) is 16.3 Å². The Morgan fingerprint density at radius 2 is 1.93 bits per heavy atom. The number of alkyl halides is 1. The van der Waals surface area contributed by atoms with Crippen LogP contribution in [0.1, 0.15) is 11.1 Å². The van der Waals surface area contributed by atoms with E-state index in [1.807, 2.05) is 42.6 Å². The summed E-state index contributed by atoms with van der Waals surface area (Å²) in [4.78, 5) is 0. The fourth-order valence-corrected chi connectivity index (χ4v) is 2.19. The van der Waals surface area contributed by atoms with Crippen LogP contribution in [-0.4, -0.2) is 0 Å². The summed E-state index contributed by atoms with van der Waals surface area (Å²) in [5.41, 5.74) is 2.27. The predicted molar refractivity (Wildman–Crippen MR) is 65.1 cm³/mol. The molecular formula is C12H11ClOS. The SMILES string of the molecule is Cc1ccsc1Oc1ccc(CCl)cc1. The summed E-state index contributed by atoms with van der Waals surface area (Å²) in [6.07, 6.45) is 0. The lowest BCUT2D eigenvalue weighted by Crippen LogP contribution is -1.83. The minimum absolute atomic E-state index is 0.540. The van der Waals surface area contributed by atoms with Gasteiger partial charge in [-0.15, -0.1) is 22.9 Å². The minimum atomic E-state index is 0.540. The smallest absolute Gasteiger partial charge is 0.183 e. The van der Waals surface area contributed by atoms with Crippen LogP contribution in [0.15, 0.2) is 35.7 Å². The summed E-state index contributed by atoms with van der Waals surface area (Å²) < 4.78 is 5.72. The van der Waals surface area contributed by atoms with Gasteiger partial charge in [-0.1, -0.05) is 12.1 Å². The molecule has 0 aliphatic heterocycles. The maximum atomic E-state index is 5.72. The Balaban J connectivity index is 2.14. The molecule has 1 heterocycles. The van der Waals surface area contributed by atoms with Crippen LogP contribution in [-0.2, 0) is 5.88 Å². The molecule has 2 rings (SSSR count). The van der Waals surface area contributed by atoms with Gasteiger partial charge in [-0.2, -0.15) is 0 Å². The molecule has 1 nitrogen and oxygen atoms in total. The molecule has 0 spiro atoms. The topological polar surface area (TPSA) is 9.23 Å². The summed E-state index contributed by atoms with van der Waals surface area (Å²) in [6.45, 7) is 2.04. The first-order valence-electron chi connectivity index (χ1n) is 4.66. The van der Waals surface area contributed by atoms with Gasteiger partial charge in [0, 0.05) is 11.4 Å². The maximum absolute atomic E-state index is 5.72. The second-order valence-electron chi connectivity index (χ2n) is 3.27. The molecule has 2 aromatic rings. The largest absolute Gasteiger partial charge is 0.446 e. The number of ether oxygens (including phenoxy) is 1. The zero-order valence-electron chi connectivity index (χ0n) is 8.37. The molecule has 0 saturated heterocycles. The summed E-state index contributed by atoms with van der Waals surface area (Å²) in [5, 5.41) is 2.98. The van der Waals surface area contributed by atoms with E-state index in [0.717, 1.165) is 16.4 Å². The van der Waals surface area contributed by atoms with Crippen LogP contribution < -0.4 is 4.74 Å². The molecule has 0 saturated carbocycles. The molecule has 0 fully saturated rings. The average molecular weight is 239 g/mol. The van der Waals surface area contributed by atoms with Gasteiger partial charge < -0.3 is 4.74 Å². The Labute approximate surface area is 98.3 Å². The van der Waals surface area contributed by atoms with E-state index in [1.54, 1.807) is 11.3 Å². The zero-order valence-corrected chi connectivity index (χ0v) is 9.94. The van der Waals surface area contributed by atoms with Gasteiger partial charge in [-0.05, 0) is 36.1 Å². The van der Waals surface area contributed by atoms with Crippen LogP contribution >= 0.6 is 22.9 Å². The zero-order chi connectivity index (χ0) is 10.7. The fourth-order valence-electron chi connectivity index (χ4n) is 1.22. The highest BCUT2D eigenvalue weighted by Gasteiger charge is 2.02. The standard InChI is InChI=1S/C12H11ClOS/c1-9-6-7-15-12(9)14-11-4-2-10(8-13)3-5-11/h2-7H,8H2,1H3. The highest BCUT2D eigenvalue weighted by Crippen LogP contribution is 2.30. The van der Waals surface area contributed by atoms with Crippen molar-refractivity contribution < 1.29 is 4.74 Å². The number of thiophene rings is 1. The number of hydrogen-bond acceptors (Lipinski definition) is 2. The van der Waals surface area contributed by atoms with E-state index in [9.17, 15) is 0 Å². The molecule has 3 heteroatoms. The van der Waals surface area contributed by atoms with Crippen molar-refractivity contribution in [2.75, 3.05) is 0 Å². The third-order valence-electron chi connectivity index (χ3n) is 2.10. The van der Waals surface area contributed by atoms with Gasteiger partial charge in [0.15, 0.2) is 5.06 Å². The lowest BCUT2D eigenvalue weighted by Gasteiger charge is -2.04. The molecule has 0 aliphatic rings. The molecule has 0 atom stereocenters. The molecule has 0 aliphatic carbocycles. The molecule has 78 valence electrons. The predicted octanol–water partition coefficient (Wildman–Crippen LogP) is 4.59. The number of hydrogen-bond donors (Lipinski definition) is 0. The molecule has 15 heavy (non-hydrogen) atoms. The highest BCUT2D eigenvalue weighted by atomic mass is 35.5. The summed E-state index contributed by atoms with van der Waals surface area (Å²) in [6, 6.07) is 9.89. The van der Waals surface area contributed by atoms with Crippen LogP contribution in [0.4, 0.5) is 0 Å². The van der Waals surface area contributed by atoms with Crippen molar-refractivity contribution in [1.29, 1.82) is 0 Å². The number of rotatable bonds is 3. The molecule has 1 aromatic heterocycles. The van der Waals surface area contributed by atoms with E-state index in [0.29, 0.717) is 5.88 Å². The fraction of sp³-hybridized carbons (Fsp3) is 0.167. The second-order valence-corrected chi connectivity index (χ2v) is 4.42. The molecule has 0 bridgehead atoms. The summed E-state index contributed by atoms with van der Waals surface area (Å²) in [7, 11) is 0. The molecule has 0 unspecified atom stereocenters. The number of halogens is 1. The van der Waals surface area contributed by atoms with Crippen molar-refractivity contribution in [2.45, 2.75) is 12.8 Å². The van der Waals surface area contributed by atoms with E-state index in [1.165, 1.54) is 5.56 Å². The Bertz CT molecular complexity index is 433. The van der Waals surface area contributed by atoms with E-state index >= 15 is 0 Å². The minimum Gasteiger partial charge on any atom is -0.446 e. The van der Waals surface area contributed by atoms with Crippen LogP contribution in [0.3, 0.4) is 0 Å². The second kappa shape index (κ2) is 4.69. The highest BCUT2D eigenvalue weighted by molar-refractivity contribution is 7.12. The van der Waals surface area contributed by atoms with Crippen molar-refractivity contribution in [3.63, 3.8) is 0 Å². The normalized spacial score (nSPS) is 10.3.